The van der Waals surface area contributed by atoms with Crippen molar-refractivity contribution in [2.24, 2.45) is 0 Å². The normalized spacial score (nSPS) is 16.9. The minimum absolute atomic E-state index is 0.0600. The van der Waals surface area contributed by atoms with Crippen molar-refractivity contribution in [3.63, 3.8) is 0 Å². The first-order chi connectivity index (χ1) is 11.1. The number of H-pyrrole nitrogens is 2. The Morgan fingerprint density at radius 2 is 2.30 bits per heavy atom. The predicted octanol–water partition coefficient (Wildman–Crippen LogP) is 0.580. The van der Waals surface area contributed by atoms with Gasteiger partial charge in [0, 0.05) is 35.8 Å². The lowest BCUT2D eigenvalue weighted by atomic mass is 9.93. The Bertz CT molecular complexity index is 777. The molecule has 2 heterocycles. The summed E-state index contributed by atoms with van der Waals surface area (Å²) >= 11 is 0. The number of amides is 1. The number of nitrogens with one attached hydrogen (secondary N) is 3. The van der Waals surface area contributed by atoms with Gasteiger partial charge in [-0.3, -0.25) is 14.7 Å². The van der Waals surface area contributed by atoms with Crippen LogP contribution in [0.25, 0.3) is 0 Å². The molecule has 3 N–H and O–H groups in total. The third kappa shape index (κ3) is 3.33. The van der Waals surface area contributed by atoms with Gasteiger partial charge in [-0.1, -0.05) is 6.92 Å². The highest BCUT2D eigenvalue weighted by atomic mass is 16.2. The fourth-order valence-corrected chi connectivity index (χ4v) is 3.01. The maximum absolute atomic E-state index is 12.3. The molecule has 1 aliphatic carbocycles. The van der Waals surface area contributed by atoms with Crippen molar-refractivity contribution in [2.45, 2.75) is 52.0 Å². The van der Waals surface area contributed by atoms with Crippen LogP contribution in [0.5, 0.6) is 0 Å². The van der Waals surface area contributed by atoms with Gasteiger partial charge in [0.05, 0.1) is 12.6 Å². The molecule has 0 bridgehead atoms. The topological polar surface area (TPSA) is 104 Å². The third-order valence-electron chi connectivity index (χ3n) is 4.33. The van der Waals surface area contributed by atoms with Gasteiger partial charge in [0.25, 0.3) is 5.56 Å². The van der Waals surface area contributed by atoms with Gasteiger partial charge < -0.3 is 10.3 Å². The highest BCUT2D eigenvalue weighted by Gasteiger charge is 2.22. The van der Waals surface area contributed by atoms with Crippen LogP contribution in [0.3, 0.4) is 0 Å². The summed E-state index contributed by atoms with van der Waals surface area (Å²) < 4.78 is 0. The van der Waals surface area contributed by atoms with Gasteiger partial charge >= 0.3 is 0 Å². The van der Waals surface area contributed by atoms with Crippen molar-refractivity contribution in [2.75, 3.05) is 0 Å². The number of fused-ring (bicyclic) bond motifs is 1. The highest BCUT2D eigenvalue weighted by Crippen LogP contribution is 2.18. The van der Waals surface area contributed by atoms with Crippen molar-refractivity contribution < 1.29 is 4.79 Å². The van der Waals surface area contributed by atoms with E-state index in [2.05, 4.69) is 25.5 Å². The fraction of sp³-hybridized carbons (Fsp3) is 0.500. The van der Waals surface area contributed by atoms with Crippen LogP contribution in [0.1, 0.15) is 41.7 Å². The van der Waals surface area contributed by atoms with Crippen molar-refractivity contribution in [3.8, 4) is 0 Å². The van der Waals surface area contributed by atoms with E-state index in [1.807, 2.05) is 13.1 Å². The molecule has 2 aromatic heterocycles. The molecule has 0 unspecified atom stereocenters. The van der Waals surface area contributed by atoms with Crippen LogP contribution in [-0.2, 0) is 30.5 Å². The van der Waals surface area contributed by atoms with E-state index in [9.17, 15) is 9.59 Å². The van der Waals surface area contributed by atoms with Gasteiger partial charge in [0.1, 0.15) is 5.82 Å². The second-order valence-corrected chi connectivity index (χ2v) is 5.99. The number of carbonyl (C=O) groups excluding carboxylic acids is 1. The van der Waals surface area contributed by atoms with E-state index in [4.69, 9.17) is 0 Å². The van der Waals surface area contributed by atoms with Crippen LogP contribution >= 0.6 is 0 Å². The Morgan fingerprint density at radius 1 is 1.48 bits per heavy atom. The Balaban J connectivity index is 1.65. The summed E-state index contributed by atoms with van der Waals surface area (Å²) in [5.74, 6) is 0.508. The summed E-state index contributed by atoms with van der Waals surface area (Å²) in [5.41, 5.74) is 3.16. The second kappa shape index (κ2) is 6.36. The predicted molar refractivity (Wildman–Crippen MR) is 85.2 cm³/mol. The van der Waals surface area contributed by atoms with Gasteiger partial charge in [-0.25, -0.2) is 4.98 Å². The largest absolute Gasteiger partial charge is 0.353 e. The molecule has 0 aliphatic heterocycles. The molecule has 7 nitrogen and oxygen atoms in total. The Hall–Kier alpha value is -2.44. The van der Waals surface area contributed by atoms with Crippen LogP contribution in [0, 0.1) is 6.92 Å². The molecule has 0 saturated heterocycles. The van der Waals surface area contributed by atoms with Crippen molar-refractivity contribution in [3.05, 3.63) is 44.9 Å². The van der Waals surface area contributed by atoms with Gasteiger partial charge in [0.2, 0.25) is 5.91 Å². The molecule has 122 valence electrons. The molecule has 0 saturated carbocycles. The van der Waals surface area contributed by atoms with E-state index in [0.29, 0.717) is 23.5 Å². The zero-order valence-corrected chi connectivity index (χ0v) is 13.4. The average molecular weight is 315 g/mol. The molecular weight excluding hydrogens is 294 g/mol. The maximum Gasteiger partial charge on any atom is 0.254 e. The number of aryl methyl sites for hydroxylation is 3. The van der Waals surface area contributed by atoms with E-state index < -0.39 is 0 Å². The lowest BCUT2D eigenvalue weighted by Crippen LogP contribution is -2.40. The molecule has 3 rings (SSSR count). The minimum atomic E-state index is -0.219. The number of aromatic amines is 2. The quantitative estimate of drug-likeness (QED) is 0.767. The number of aromatic nitrogens is 4. The fourth-order valence-electron chi connectivity index (χ4n) is 3.01. The third-order valence-corrected chi connectivity index (χ3v) is 4.33. The van der Waals surface area contributed by atoms with Crippen LogP contribution in [0.15, 0.2) is 11.0 Å². The van der Waals surface area contributed by atoms with E-state index in [0.717, 1.165) is 25.0 Å². The summed E-state index contributed by atoms with van der Waals surface area (Å²) in [4.78, 5) is 31.4. The Kier molecular flexibility index (Phi) is 4.27. The lowest BCUT2D eigenvalue weighted by Gasteiger charge is -2.22. The number of rotatable bonds is 4. The van der Waals surface area contributed by atoms with E-state index in [1.165, 1.54) is 5.56 Å². The van der Waals surface area contributed by atoms with E-state index >= 15 is 0 Å². The zero-order chi connectivity index (χ0) is 16.4. The molecule has 1 amide bonds. The maximum atomic E-state index is 12.3. The molecule has 1 atom stereocenters. The number of nitrogens with zero attached hydrogens (tertiary/aromatic N) is 2. The number of hydrogen-bond acceptors (Lipinski definition) is 4. The van der Waals surface area contributed by atoms with Crippen molar-refractivity contribution in [1.82, 2.24) is 25.5 Å². The first kappa shape index (κ1) is 15.5. The van der Waals surface area contributed by atoms with Gasteiger partial charge in [-0.15, -0.1) is 0 Å². The summed E-state index contributed by atoms with van der Waals surface area (Å²) in [6.45, 7) is 3.70. The lowest BCUT2D eigenvalue weighted by molar-refractivity contribution is -0.121. The summed E-state index contributed by atoms with van der Waals surface area (Å²) in [6, 6.07) is 0.0812. The van der Waals surface area contributed by atoms with Gasteiger partial charge in [-0.05, 0) is 25.3 Å². The summed E-state index contributed by atoms with van der Waals surface area (Å²) in [7, 11) is 0. The SMILES string of the molecule is CCc1nc(C)c(CC(=O)N[C@@H]2CCc3cn[nH]c3C2)c(=O)[nH]1. The standard InChI is InChI=1S/C16H21N5O2/c1-3-14-18-9(2)12(16(23)20-14)7-15(22)19-11-5-4-10-8-17-21-13(10)6-11/h8,11H,3-7H2,1-2H3,(H,17,21)(H,19,22)(H,18,20,23)/t11-/m1/s1. The van der Waals surface area contributed by atoms with E-state index in [1.54, 1.807) is 6.92 Å². The molecule has 2 aromatic rings. The zero-order valence-electron chi connectivity index (χ0n) is 13.4. The Labute approximate surface area is 133 Å². The minimum Gasteiger partial charge on any atom is -0.353 e. The first-order valence-corrected chi connectivity index (χ1v) is 7.96. The number of hydrogen-bond donors (Lipinski definition) is 3. The molecule has 0 spiro atoms. The average Bonchev–Trinajstić information content (AvgIpc) is 2.98. The molecule has 23 heavy (non-hydrogen) atoms. The van der Waals surface area contributed by atoms with Crippen LogP contribution in [0.2, 0.25) is 0 Å². The van der Waals surface area contributed by atoms with Crippen LogP contribution < -0.4 is 10.9 Å². The van der Waals surface area contributed by atoms with Crippen molar-refractivity contribution in [1.29, 1.82) is 0 Å². The van der Waals surface area contributed by atoms with E-state index in [-0.39, 0.29) is 23.9 Å². The molecular formula is C16H21N5O2. The first-order valence-electron chi connectivity index (χ1n) is 7.96. The van der Waals surface area contributed by atoms with Gasteiger partial charge in [-0.2, -0.15) is 5.10 Å². The molecule has 0 fully saturated rings. The Morgan fingerprint density at radius 3 is 3.04 bits per heavy atom. The molecule has 7 heteroatoms. The summed E-state index contributed by atoms with van der Waals surface area (Å²) in [6.07, 6.45) is 5.12. The highest BCUT2D eigenvalue weighted by molar-refractivity contribution is 5.79. The van der Waals surface area contributed by atoms with Crippen LogP contribution in [-0.4, -0.2) is 32.1 Å². The molecule has 0 radical (unpaired) electrons. The monoisotopic (exact) mass is 315 g/mol. The van der Waals surface area contributed by atoms with Crippen LogP contribution in [0.4, 0.5) is 0 Å². The number of carbonyl (C=O) groups is 1. The van der Waals surface area contributed by atoms with Gasteiger partial charge in [0.15, 0.2) is 0 Å². The molecule has 0 aromatic carbocycles. The molecule has 1 aliphatic rings. The van der Waals surface area contributed by atoms with Crippen molar-refractivity contribution >= 4 is 5.91 Å². The smallest absolute Gasteiger partial charge is 0.254 e. The summed E-state index contributed by atoms with van der Waals surface area (Å²) in [5, 5.41) is 10.0. The second-order valence-electron chi connectivity index (χ2n) is 5.99.